The Balaban J connectivity index is 3.00. The first kappa shape index (κ1) is 13.2. The lowest BCUT2D eigenvalue weighted by molar-refractivity contribution is 0.343. The van der Waals surface area contributed by atoms with E-state index in [-0.39, 0.29) is 5.54 Å². The molecule has 1 aromatic rings. The van der Waals surface area contributed by atoms with Crippen LogP contribution in [0.4, 0.5) is 0 Å². The van der Waals surface area contributed by atoms with Crippen LogP contribution in [0.3, 0.4) is 0 Å². The first-order chi connectivity index (χ1) is 7.40. The van der Waals surface area contributed by atoms with Gasteiger partial charge in [0.1, 0.15) is 0 Å². The quantitative estimate of drug-likeness (QED) is 0.849. The molecule has 0 aliphatic rings. The van der Waals surface area contributed by atoms with E-state index in [1.807, 2.05) is 13.2 Å². The van der Waals surface area contributed by atoms with Crippen molar-refractivity contribution in [2.24, 2.45) is 0 Å². The second kappa shape index (κ2) is 5.00. The minimum Gasteiger partial charge on any atom is -0.317 e. The van der Waals surface area contributed by atoms with Crippen molar-refractivity contribution in [1.29, 1.82) is 0 Å². The number of likely N-dealkylation sites (N-methyl/N-ethyl adjacent to an activating group) is 1. The maximum absolute atomic E-state index is 4.53. The highest BCUT2D eigenvalue weighted by atomic mass is 15.3. The van der Waals surface area contributed by atoms with E-state index in [4.69, 9.17) is 0 Å². The molecule has 1 atom stereocenters. The normalized spacial score (nSPS) is 14.1. The van der Waals surface area contributed by atoms with Crippen molar-refractivity contribution in [3.05, 3.63) is 17.5 Å². The first-order valence-corrected chi connectivity index (χ1v) is 6.13. The summed E-state index contributed by atoms with van der Waals surface area (Å²) in [4.78, 5) is 0. The van der Waals surface area contributed by atoms with Crippen molar-refractivity contribution < 1.29 is 0 Å². The van der Waals surface area contributed by atoms with Crippen LogP contribution in [-0.2, 0) is 18.4 Å². The monoisotopic (exact) mass is 223 g/mol. The summed E-state index contributed by atoms with van der Waals surface area (Å²) in [5, 5.41) is 7.81. The van der Waals surface area contributed by atoms with E-state index in [1.165, 1.54) is 11.3 Å². The third-order valence-electron chi connectivity index (χ3n) is 2.94. The zero-order valence-electron chi connectivity index (χ0n) is 11.5. The smallest absolute Gasteiger partial charge is 0.0546 e. The van der Waals surface area contributed by atoms with Gasteiger partial charge in [0.2, 0.25) is 0 Å². The molecule has 1 N–H and O–H groups in total. The van der Waals surface area contributed by atoms with Gasteiger partial charge >= 0.3 is 0 Å². The molecule has 0 aliphatic heterocycles. The van der Waals surface area contributed by atoms with Gasteiger partial charge in [0.05, 0.1) is 11.7 Å². The summed E-state index contributed by atoms with van der Waals surface area (Å²) in [6.07, 6.45) is 4.12. The minimum atomic E-state index is 0.0759. The van der Waals surface area contributed by atoms with Gasteiger partial charge in [-0.1, -0.05) is 6.92 Å². The minimum absolute atomic E-state index is 0.0759. The zero-order valence-corrected chi connectivity index (χ0v) is 11.5. The van der Waals surface area contributed by atoms with Gasteiger partial charge < -0.3 is 5.32 Å². The zero-order chi connectivity index (χ0) is 12.3. The Morgan fingerprint density at radius 2 is 2.06 bits per heavy atom. The Kier molecular flexibility index (Phi) is 4.14. The molecule has 1 heterocycles. The number of hydrogen-bond donors (Lipinski definition) is 1. The van der Waals surface area contributed by atoms with Crippen molar-refractivity contribution in [3.8, 4) is 0 Å². The Hall–Kier alpha value is -0.830. The van der Waals surface area contributed by atoms with Crippen LogP contribution in [0.2, 0.25) is 0 Å². The van der Waals surface area contributed by atoms with Crippen molar-refractivity contribution >= 4 is 0 Å². The predicted molar refractivity (Wildman–Crippen MR) is 68.8 cm³/mol. The Morgan fingerprint density at radius 1 is 1.44 bits per heavy atom. The molecule has 0 fully saturated rings. The number of hydrogen-bond acceptors (Lipinski definition) is 2. The fourth-order valence-corrected chi connectivity index (χ4v) is 1.97. The second-order valence-electron chi connectivity index (χ2n) is 5.45. The molecule has 0 saturated heterocycles. The lowest BCUT2D eigenvalue weighted by Gasteiger charge is -2.23. The highest BCUT2D eigenvalue weighted by Gasteiger charge is 2.20. The average Bonchev–Trinajstić information content (AvgIpc) is 2.60. The van der Waals surface area contributed by atoms with Crippen LogP contribution in [0.5, 0.6) is 0 Å². The first-order valence-electron chi connectivity index (χ1n) is 6.13. The number of aromatic nitrogens is 2. The molecule has 0 aromatic carbocycles. The van der Waals surface area contributed by atoms with E-state index in [0.717, 1.165) is 12.8 Å². The van der Waals surface area contributed by atoms with Crippen LogP contribution in [0.1, 0.15) is 45.9 Å². The summed E-state index contributed by atoms with van der Waals surface area (Å²) in [6.45, 7) is 11.0. The summed E-state index contributed by atoms with van der Waals surface area (Å²) >= 11 is 0. The van der Waals surface area contributed by atoms with Gasteiger partial charge in [-0.2, -0.15) is 5.10 Å². The molecule has 3 heteroatoms. The Bertz CT molecular complexity index is 333. The Labute approximate surface area is 99.2 Å². The van der Waals surface area contributed by atoms with Gasteiger partial charge in [-0.25, -0.2) is 0 Å². The van der Waals surface area contributed by atoms with E-state index in [9.17, 15) is 0 Å². The summed E-state index contributed by atoms with van der Waals surface area (Å²) in [5.74, 6) is 0. The van der Waals surface area contributed by atoms with E-state index < -0.39 is 0 Å². The molecule has 0 spiro atoms. The largest absolute Gasteiger partial charge is 0.317 e. The van der Waals surface area contributed by atoms with Crippen LogP contribution in [-0.4, -0.2) is 22.9 Å². The summed E-state index contributed by atoms with van der Waals surface area (Å²) in [6, 6.07) is 0.503. The molecule has 0 bridgehead atoms. The maximum Gasteiger partial charge on any atom is 0.0546 e. The van der Waals surface area contributed by atoms with E-state index in [2.05, 4.69) is 49.7 Å². The summed E-state index contributed by atoms with van der Waals surface area (Å²) in [5.41, 5.74) is 2.82. The van der Waals surface area contributed by atoms with E-state index in [0.29, 0.717) is 6.04 Å². The van der Waals surface area contributed by atoms with Gasteiger partial charge in [-0.05, 0) is 53.1 Å². The highest BCUT2D eigenvalue weighted by molar-refractivity contribution is 5.20. The van der Waals surface area contributed by atoms with Crippen molar-refractivity contribution in [3.63, 3.8) is 0 Å². The maximum atomic E-state index is 4.53. The highest BCUT2D eigenvalue weighted by Crippen LogP contribution is 2.20. The molecular weight excluding hydrogens is 198 g/mol. The standard InChI is InChI=1S/C13H25N3/c1-7-12-11(8-10(2)14-6)9-15-16(12)13(3,4)5/h9-10,14H,7-8H2,1-6H3. The van der Waals surface area contributed by atoms with Gasteiger partial charge in [0.15, 0.2) is 0 Å². The van der Waals surface area contributed by atoms with E-state index >= 15 is 0 Å². The van der Waals surface area contributed by atoms with Crippen LogP contribution in [0.15, 0.2) is 6.20 Å². The lowest BCUT2D eigenvalue weighted by atomic mass is 10.0. The fraction of sp³-hybridized carbons (Fsp3) is 0.769. The number of nitrogens with zero attached hydrogens (tertiary/aromatic N) is 2. The summed E-state index contributed by atoms with van der Waals surface area (Å²) < 4.78 is 2.16. The van der Waals surface area contributed by atoms with Crippen LogP contribution in [0.25, 0.3) is 0 Å². The van der Waals surface area contributed by atoms with Crippen molar-refractivity contribution in [1.82, 2.24) is 15.1 Å². The molecule has 0 aliphatic carbocycles. The number of rotatable bonds is 4. The topological polar surface area (TPSA) is 29.9 Å². The lowest BCUT2D eigenvalue weighted by Crippen LogP contribution is -2.27. The second-order valence-corrected chi connectivity index (χ2v) is 5.45. The average molecular weight is 223 g/mol. The van der Waals surface area contributed by atoms with Crippen LogP contribution < -0.4 is 5.32 Å². The third-order valence-corrected chi connectivity index (χ3v) is 2.94. The summed E-state index contributed by atoms with van der Waals surface area (Å²) in [7, 11) is 2.00. The van der Waals surface area contributed by atoms with Crippen LogP contribution in [0, 0.1) is 0 Å². The van der Waals surface area contributed by atoms with Crippen LogP contribution >= 0.6 is 0 Å². The molecule has 1 rings (SSSR count). The Morgan fingerprint density at radius 3 is 2.50 bits per heavy atom. The molecule has 0 amide bonds. The molecular formula is C13H25N3. The predicted octanol–water partition coefficient (Wildman–Crippen LogP) is 2.35. The SMILES string of the molecule is CCc1c(CC(C)NC)cnn1C(C)(C)C. The number of nitrogens with one attached hydrogen (secondary N) is 1. The van der Waals surface area contributed by atoms with Gasteiger partial charge in [-0.3, -0.25) is 4.68 Å². The third kappa shape index (κ3) is 2.85. The fourth-order valence-electron chi connectivity index (χ4n) is 1.97. The molecule has 16 heavy (non-hydrogen) atoms. The van der Waals surface area contributed by atoms with Gasteiger partial charge in [0.25, 0.3) is 0 Å². The molecule has 3 nitrogen and oxygen atoms in total. The van der Waals surface area contributed by atoms with Crippen molar-refractivity contribution in [2.75, 3.05) is 7.05 Å². The van der Waals surface area contributed by atoms with E-state index in [1.54, 1.807) is 0 Å². The molecule has 1 unspecified atom stereocenters. The van der Waals surface area contributed by atoms with Gasteiger partial charge in [-0.15, -0.1) is 0 Å². The van der Waals surface area contributed by atoms with Crippen molar-refractivity contribution in [2.45, 2.75) is 59.0 Å². The molecule has 0 saturated carbocycles. The molecule has 92 valence electrons. The van der Waals surface area contributed by atoms with Gasteiger partial charge in [0, 0.05) is 11.7 Å². The molecule has 0 radical (unpaired) electrons. The molecule has 1 aromatic heterocycles.